The summed E-state index contributed by atoms with van der Waals surface area (Å²) >= 11 is 4.16. The fraction of sp³-hybridized carbons (Fsp3) is 0.556. The van der Waals surface area contributed by atoms with Gasteiger partial charge in [-0.1, -0.05) is 30.7 Å². The number of hydrogen-bond donors (Lipinski definition) is 1. The Labute approximate surface area is 68.4 Å². The van der Waals surface area contributed by atoms with E-state index in [0.717, 1.165) is 11.7 Å². The Hall–Kier alpha value is -0.170. The number of unbranched alkanes of at least 4 members (excludes halogenated alkanes) is 1. The van der Waals surface area contributed by atoms with E-state index >= 15 is 0 Å². The molecular weight excluding hydrogens is 140 g/mol. The molecule has 0 amide bonds. The topological polar surface area (TPSA) is 0 Å². The van der Waals surface area contributed by atoms with Crippen molar-refractivity contribution in [3.05, 3.63) is 24.3 Å². The van der Waals surface area contributed by atoms with Gasteiger partial charge in [-0.3, -0.25) is 0 Å². The van der Waals surface area contributed by atoms with Crippen LogP contribution in [0.4, 0.5) is 0 Å². The maximum Gasteiger partial charge on any atom is -0.00473 e. The summed E-state index contributed by atoms with van der Waals surface area (Å²) in [6, 6.07) is 0. The summed E-state index contributed by atoms with van der Waals surface area (Å²) in [6.07, 6.45) is 12.6. The Morgan fingerprint density at radius 2 is 1.80 bits per heavy atom. The lowest BCUT2D eigenvalue weighted by Gasteiger charge is -2.02. The minimum Gasteiger partial charge on any atom is -0.179 e. The molecule has 0 aromatic carbocycles. The van der Waals surface area contributed by atoms with Gasteiger partial charge in [0.25, 0.3) is 0 Å². The minimum atomic E-state index is 0.722. The lowest BCUT2D eigenvalue weighted by atomic mass is 10.0. The van der Waals surface area contributed by atoms with Crippen LogP contribution in [0.5, 0.6) is 0 Å². The first-order chi connectivity index (χ1) is 4.93. The molecule has 0 aromatic heterocycles. The standard InChI is InChI=1S/C9H14S/c10-8-4-3-7-9-5-1-2-6-9/h1-2,5-6,9-10H,3-4,7-8H2. The van der Waals surface area contributed by atoms with Crippen molar-refractivity contribution < 1.29 is 0 Å². The quantitative estimate of drug-likeness (QED) is 0.467. The third-order valence-electron chi connectivity index (χ3n) is 1.77. The van der Waals surface area contributed by atoms with E-state index in [4.69, 9.17) is 0 Å². The van der Waals surface area contributed by atoms with Crippen molar-refractivity contribution >= 4 is 12.6 Å². The van der Waals surface area contributed by atoms with Gasteiger partial charge in [0.15, 0.2) is 0 Å². The van der Waals surface area contributed by atoms with Crippen LogP contribution in [0, 0.1) is 5.92 Å². The molecule has 56 valence electrons. The largest absolute Gasteiger partial charge is 0.179 e. The van der Waals surface area contributed by atoms with Crippen molar-refractivity contribution in [2.75, 3.05) is 5.75 Å². The Bertz CT molecular complexity index is 124. The molecule has 0 unspecified atom stereocenters. The van der Waals surface area contributed by atoms with E-state index < -0.39 is 0 Å². The molecule has 0 radical (unpaired) electrons. The Morgan fingerprint density at radius 1 is 1.10 bits per heavy atom. The van der Waals surface area contributed by atoms with Crippen LogP contribution in [0.1, 0.15) is 19.3 Å². The fourth-order valence-corrected chi connectivity index (χ4v) is 1.39. The third kappa shape index (κ3) is 2.61. The van der Waals surface area contributed by atoms with Crippen molar-refractivity contribution in [1.29, 1.82) is 0 Å². The average molecular weight is 154 g/mol. The van der Waals surface area contributed by atoms with Gasteiger partial charge < -0.3 is 0 Å². The molecule has 0 nitrogen and oxygen atoms in total. The summed E-state index contributed by atoms with van der Waals surface area (Å²) in [5.74, 6) is 1.75. The summed E-state index contributed by atoms with van der Waals surface area (Å²) < 4.78 is 0. The first-order valence-corrected chi connectivity index (χ1v) is 4.52. The highest BCUT2D eigenvalue weighted by molar-refractivity contribution is 7.80. The second-order valence-corrected chi connectivity index (χ2v) is 3.10. The molecule has 0 aromatic rings. The molecule has 0 saturated carbocycles. The van der Waals surface area contributed by atoms with E-state index in [0.29, 0.717) is 0 Å². The van der Waals surface area contributed by atoms with Crippen molar-refractivity contribution in [3.8, 4) is 0 Å². The van der Waals surface area contributed by atoms with Crippen LogP contribution in [-0.4, -0.2) is 5.75 Å². The van der Waals surface area contributed by atoms with Gasteiger partial charge in [0.1, 0.15) is 0 Å². The van der Waals surface area contributed by atoms with Crippen LogP contribution >= 0.6 is 12.6 Å². The molecule has 1 heteroatoms. The van der Waals surface area contributed by atoms with Gasteiger partial charge in [-0.05, 0) is 24.5 Å². The Kier molecular flexibility index (Phi) is 3.66. The van der Waals surface area contributed by atoms with Crippen molar-refractivity contribution in [2.24, 2.45) is 5.92 Å². The van der Waals surface area contributed by atoms with Crippen LogP contribution in [0.15, 0.2) is 24.3 Å². The molecule has 0 N–H and O–H groups in total. The summed E-state index contributed by atoms with van der Waals surface area (Å²) in [5.41, 5.74) is 0. The van der Waals surface area contributed by atoms with E-state index in [1.165, 1.54) is 19.3 Å². The van der Waals surface area contributed by atoms with Gasteiger partial charge in [-0.2, -0.15) is 12.6 Å². The van der Waals surface area contributed by atoms with Crippen LogP contribution in [0.2, 0.25) is 0 Å². The molecule has 10 heavy (non-hydrogen) atoms. The highest BCUT2D eigenvalue weighted by Gasteiger charge is 2.01. The molecule has 0 spiro atoms. The minimum absolute atomic E-state index is 0.722. The van der Waals surface area contributed by atoms with Crippen LogP contribution in [-0.2, 0) is 0 Å². The SMILES string of the molecule is SCCCCC1C=CC=C1. The molecular formula is C9H14S. The van der Waals surface area contributed by atoms with Gasteiger partial charge in [-0.15, -0.1) is 0 Å². The first-order valence-electron chi connectivity index (χ1n) is 3.89. The van der Waals surface area contributed by atoms with Gasteiger partial charge in [0, 0.05) is 0 Å². The highest BCUT2D eigenvalue weighted by atomic mass is 32.1. The molecule has 1 aliphatic rings. The van der Waals surface area contributed by atoms with Crippen molar-refractivity contribution in [3.63, 3.8) is 0 Å². The van der Waals surface area contributed by atoms with Crippen LogP contribution in [0.25, 0.3) is 0 Å². The highest BCUT2D eigenvalue weighted by Crippen LogP contribution is 2.16. The monoisotopic (exact) mass is 154 g/mol. The summed E-state index contributed by atoms with van der Waals surface area (Å²) in [6.45, 7) is 0. The molecule has 0 aliphatic heterocycles. The number of hydrogen-bond acceptors (Lipinski definition) is 1. The zero-order valence-electron chi connectivity index (χ0n) is 6.16. The summed E-state index contributed by atoms with van der Waals surface area (Å²) in [4.78, 5) is 0. The summed E-state index contributed by atoms with van der Waals surface area (Å²) in [7, 11) is 0. The second-order valence-electron chi connectivity index (χ2n) is 2.65. The summed E-state index contributed by atoms with van der Waals surface area (Å²) in [5, 5.41) is 0. The normalized spacial score (nSPS) is 16.9. The maximum atomic E-state index is 4.16. The van der Waals surface area contributed by atoms with Crippen LogP contribution in [0.3, 0.4) is 0 Å². The molecule has 0 atom stereocenters. The van der Waals surface area contributed by atoms with Gasteiger partial charge in [0.05, 0.1) is 0 Å². The Morgan fingerprint density at radius 3 is 2.40 bits per heavy atom. The lowest BCUT2D eigenvalue weighted by Crippen LogP contribution is -1.89. The predicted octanol–water partition coefficient (Wildman–Crippen LogP) is 2.83. The van der Waals surface area contributed by atoms with E-state index in [1.807, 2.05) is 0 Å². The van der Waals surface area contributed by atoms with E-state index in [2.05, 4.69) is 36.9 Å². The smallest absolute Gasteiger partial charge is 0.00473 e. The molecule has 0 fully saturated rings. The van der Waals surface area contributed by atoms with Gasteiger partial charge in [0.2, 0.25) is 0 Å². The number of thiol groups is 1. The second kappa shape index (κ2) is 4.62. The molecule has 0 heterocycles. The van der Waals surface area contributed by atoms with Crippen molar-refractivity contribution in [2.45, 2.75) is 19.3 Å². The molecule has 1 rings (SSSR count). The fourth-order valence-electron chi connectivity index (χ4n) is 1.16. The molecule has 0 bridgehead atoms. The molecule has 0 saturated heterocycles. The predicted molar refractivity (Wildman–Crippen MR) is 49.5 cm³/mol. The average Bonchev–Trinajstić information content (AvgIpc) is 2.41. The number of rotatable bonds is 4. The van der Waals surface area contributed by atoms with E-state index in [1.54, 1.807) is 0 Å². The first kappa shape index (κ1) is 7.93. The van der Waals surface area contributed by atoms with Crippen LogP contribution < -0.4 is 0 Å². The zero-order valence-corrected chi connectivity index (χ0v) is 7.06. The van der Waals surface area contributed by atoms with Gasteiger partial charge in [-0.25, -0.2) is 0 Å². The Balaban J connectivity index is 2.03. The van der Waals surface area contributed by atoms with Crippen molar-refractivity contribution in [1.82, 2.24) is 0 Å². The van der Waals surface area contributed by atoms with Gasteiger partial charge >= 0.3 is 0 Å². The molecule has 1 aliphatic carbocycles. The zero-order chi connectivity index (χ0) is 7.23. The lowest BCUT2D eigenvalue weighted by molar-refractivity contribution is 0.651. The number of allylic oxidation sites excluding steroid dienone is 4. The maximum absolute atomic E-state index is 4.16. The van der Waals surface area contributed by atoms with E-state index in [-0.39, 0.29) is 0 Å². The van der Waals surface area contributed by atoms with E-state index in [9.17, 15) is 0 Å². The third-order valence-corrected chi connectivity index (χ3v) is 2.09.